The Morgan fingerprint density at radius 1 is 1.03 bits per heavy atom. The van der Waals surface area contributed by atoms with E-state index in [1.807, 2.05) is 0 Å². The zero-order valence-electron chi connectivity index (χ0n) is 18.1. The van der Waals surface area contributed by atoms with Crippen LogP contribution in [0.4, 0.5) is 13.2 Å². The molecule has 0 unspecified atom stereocenters. The van der Waals surface area contributed by atoms with E-state index in [0.29, 0.717) is 11.5 Å². The minimum atomic E-state index is -4.20. The van der Waals surface area contributed by atoms with Gasteiger partial charge in [0.05, 0.1) is 0 Å². The first-order valence-corrected chi connectivity index (χ1v) is 11.2. The number of hydrogen-bond acceptors (Lipinski definition) is 3. The molecule has 0 aliphatic rings. The van der Waals surface area contributed by atoms with E-state index in [9.17, 15) is 23.1 Å². The van der Waals surface area contributed by atoms with Crippen LogP contribution < -0.4 is 5.32 Å². The lowest BCUT2D eigenvalue weighted by molar-refractivity contribution is -0.139. The summed E-state index contributed by atoms with van der Waals surface area (Å²) in [6.45, 7) is 8.48. The van der Waals surface area contributed by atoms with E-state index in [1.165, 1.54) is 28.5 Å². The van der Waals surface area contributed by atoms with Crippen LogP contribution in [-0.2, 0) is 4.79 Å². The monoisotopic (exact) mass is 435 g/mol. The predicted molar refractivity (Wildman–Crippen MR) is 117 cm³/mol. The van der Waals surface area contributed by atoms with E-state index in [1.54, 1.807) is 0 Å². The summed E-state index contributed by atoms with van der Waals surface area (Å²) >= 11 is 1.47. The standard InChI is InChI=1S/C22H36F3NO2S/c1-17(2)8-5-9-18(3)10-6-11-19(4)12-15-29-16-20(21(27)28)26-14-7-13-22(23,24)25/h8,10,12,20,26H,5-7,9,11,13-16H2,1-4H3,(H,27,28)/t20-/m0/s1. The van der Waals surface area contributed by atoms with Crippen molar-refractivity contribution in [2.45, 2.75) is 78.4 Å². The lowest BCUT2D eigenvalue weighted by atomic mass is 10.1. The summed E-state index contributed by atoms with van der Waals surface area (Å²) in [5, 5.41) is 11.9. The Bertz CT molecular complexity index is 565. The molecule has 0 aliphatic heterocycles. The number of rotatable bonds is 15. The van der Waals surface area contributed by atoms with Gasteiger partial charge in [0, 0.05) is 17.9 Å². The number of carbonyl (C=O) groups is 1. The predicted octanol–water partition coefficient (Wildman–Crippen LogP) is 6.52. The zero-order valence-corrected chi connectivity index (χ0v) is 18.9. The van der Waals surface area contributed by atoms with Gasteiger partial charge in [-0.1, -0.05) is 34.9 Å². The Hall–Kier alpha value is -1.21. The van der Waals surface area contributed by atoms with Crippen LogP contribution in [0.2, 0.25) is 0 Å². The van der Waals surface area contributed by atoms with E-state index < -0.39 is 24.6 Å². The number of nitrogens with one attached hydrogen (secondary N) is 1. The number of hydrogen-bond donors (Lipinski definition) is 2. The van der Waals surface area contributed by atoms with Crippen molar-refractivity contribution in [2.24, 2.45) is 0 Å². The highest BCUT2D eigenvalue weighted by molar-refractivity contribution is 7.99. The number of halogens is 3. The molecule has 0 aliphatic carbocycles. The quantitative estimate of drug-likeness (QED) is 0.227. The van der Waals surface area contributed by atoms with Crippen LogP contribution in [0.25, 0.3) is 0 Å². The van der Waals surface area contributed by atoms with Crippen LogP contribution in [-0.4, -0.2) is 41.3 Å². The molecule has 0 amide bonds. The van der Waals surface area contributed by atoms with Crippen molar-refractivity contribution in [3.63, 3.8) is 0 Å². The molecular weight excluding hydrogens is 399 g/mol. The summed E-state index contributed by atoms with van der Waals surface area (Å²) in [6, 6.07) is -0.826. The van der Waals surface area contributed by atoms with Gasteiger partial charge >= 0.3 is 12.1 Å². The van der Waals surface area contributed by atoms with Gasteiger partial charge in [-0.2, -0.15) is 24.9 Å². The molecule has 0 aromatic heterocycles. The van der Waals surface area contributed by atoms with Gasteiger partial charge in [-0.05, 0) is 66.3 Å². The maximum atomic E-state index is 12.1. The van der Waals surface area contributed by atoms with Crippen molar-refractivity contribution in [2.75, 3.05) is 18.1 Å². The van der Waals surface area contributed by atoms with E-state index in [-0.39, 0.29) is 13.0 Å². The van der Waals surface area contributed by atoms with E-state index in [4.69, 9.17) is 0 Å². The fourth-order valence-corrected chi connectivity index (χ4v) is 3.54. The van der Waals surface area contributed by atoms with Gasteiger partial charge in [-0.3, -0.25) is 4.79 Å². The minimum absolute atomic E-state index is 0.0468. The molecule has 2 N–H and O–H groups in total. The maximum absolute atomic E-state index is 12.1. The Balaban J connectivity index is 4.08. The molecule has 0 aromatic rings. The highest BCUT2D eigenvalue weighted by Crippen LogP contribution is 2.20. The summed E-state index contributed by atoms with van der Waals surface area (Å²) in [7, 11) is 0. The Labute approximate surface area is 177 Å². The molecule has 168 valence electrons. The first-order valence-electron chi connectivity index (χ1n) is 10.1. The van der Waals surface area contributed by atoms with Crippen molar-refractivity contribution >= 4 is 17.7 Å². The number of allylic oxidation sites excluding steroid dienone is 5. The normalized spacial score (nSPS) is 14.0. The second kappa shape index (κ2) is 15.6. The van der Waals surface area contributed by atoms with Crippen molar-refractivity contribution in [1.82, 2.24) is 5.32 Å². The van der Waals surface area contributed by atoms with Crippen LogP contribution in [0, 0.1) is 0 Å². The lowest BCUT2D eigenvalue weighted by Crippen LogP contribution is -2.39. The van der Waals surface area contributed by atoms with Crippen LogP contribution in [0.3, 0.4) is 0 Å². The second-order valence-electron chi connectivity index (χ2n) is 7.56. The third-order valence-corrected chi connectivity index (χ3v) is 5.25. The maximum Gasteiger partial charge on any atom is 0.389 e. The molecule has 7 heteroatoms. The van der Waals surface area contributed by atoms with Gasteiger partial charge in [0.2, 0.25) is 0 Å². The molecule has 0 saturated carbocycles. The van der Waals surface area contributed by atoms with E-state index in [0.717, 1.165) is 25.7 Å². The van der Waals surface area contributed by atoms with Gasteiger partial charge in [0.1, 0.15) is 6.04 Å². The second-order valence-corrected chi connectivity index (χ2v) is 8.64. The fraction of sp³-hybridized carbons (Fsp3) is 0.682. The van der Waals surface area contributed by atoms with Crippen molar-refractivity contribution in [3.8, 4) is 0 Å². The third kappa shape index (κ3) is 18.6. The summed E-state index contributed by atoms with van der Waals surface area (Å²) in [5.74, 6) is -0.00335. The Morgan fingerprint density at radius 3 is 2.17 bits per heavy atom. The molecule has 0 bridgehead atoms. The molecule has 0 rings (SSSR count). The van der Waals surface area contributed by atoms with Crippen LogP contribution >= 0.6 is 11.8 Å². The number of carboxylic acid groups (broad SMARTS) is 1. The molecule has 3 nitrogen and oxygen atoms in total. The number of carboxylic acids is 1. The highest BCUT2D eigenvalue weighted by atomic mass is 32.2. The summed E-state index contributed by atoms with van der Waals surface area (Å²) < 4.78 is 36.4. The van der Waals surface area contributed by atoms with Gasteiger partial charge in [-0.25, -0.2) is 0 Å². The molecular formula is C22H36F3NO2S. The van der Waals surface area contributed by atoms with E-state index >= 15 is 0 Å². The third-order valence-electron chi connectivity index (χ3n) is 4.28. The fourth-order valence-electron chi connectivity index (χ4n) is 2.51. The van der Waals surface area contributed by atoms with Gasteiger partial charge in [-0.15, -0.1) is 0 Å². The smallest absolute Gasteiger partial charge is 0.389 e. The van der Waals surface area contributed by atoms with Gasteiger partial charge < -0.3 is 10.4 Å². The average molecular weight is 436 g/mol. The first-order chi connectivity index (χ1) is 13.5. The van der Waals surface area contributed by atoms with Crippen LogP contribution in [0.15, 0.2) is 34.9 Å². The summed E-state index contributed by atoms with van der Waals surface area (Å²) in [6.07, 6.45) is 5.52. The lowest BCUT2D eigenvalue weighted by Gasteiger charge is -2.14. The van der Waals surface area contributed by atoms with Gasteiger partial charge in [0.25, 0.3) is 0 Å². The SMILES string of the molecule is CC(C)=CCCC(C)=CCCC(C)=CCSC[C@H](NCCCC(F)(F)F)C(=O)O. The molecule has 0 fully saturated rings. The Morgan fingerprint density at radius 2 is 1.62 bits per heavy atom. The molecule has 0 spiro atoms. The molecule has 0 saturated heterocycles. The number of aliphatic carboxylic acids is 1. The topological polar surface area (TPSA) is 49.3 Å². The number of thioether (sulfide) groups is 1. The molecule has 29 heavy (non-hydrogen) atoms. The van der Waals surface area contributed by atoms with Crippen LogP contribution in [0.5, 0.6) is 0 Å². The Kier molecular flexibility index (Phi) is 15.0. The molecule has 0 heterocycles. The van der Waals surface area contributed by atoms with Gasteiger partial charge in [0.15, 0.2) is 0 Å². The molecule has 0 radical (unpaired) electrons. The highest BCUT2D eigenvalue weighted by Gasteiger charge is 2.26. The van der Waals surface area contributed by atoms with Crippen LogP contribution in [0.1, 0.15) is 66.2 Å². The zero-order chi connectivity index (χ0) is 22.3. The number of alkyl halides is 3. The van der Waals surface area contributed by atoms with Crippen molar-refractivity contribution in [3.05, 3.63) is 34.9 Å². The largest absolute Gasteiger partial charge is 0.480 e. The minimum Gasteiger partial charge on any atom is -0.480 e. The van der Waals surface area contributed by atoms with Crippen molar-refractivity contribution < 1.29 is 23.1 Å². The van der Waals surface area contributed by atoms with Crippen molar-refractivity contribution in [1.29, 1.82) is 0 Å². The molecule has 1 atom stereocenters. The van der Waals surface area contributed by atoms with E-state index in [2.05, 4.69) is 51.2 Å². The molecule has 0 aromatic carbocycles. The summed E-state index contributed by atoms with van der Waals surface area (Å²) in [4.78, 5) is 11.2. The average Bonchev–Trinajstić information content (AvgIpc) is 2.58. The summed E-state index contributed by atoms with van der Waals surface area (Å²) in [5.41, 5.74) is 4.00. The first kappa shape index (κ1) is 27.8.